The van der Waals surface area contributed by atoms with E-state index >= 15 is 0 Å². The predicted molar refractivity (Wildman–Crippen MR) is 46.2 cm³/mol. The van der Waals surface area contributed by atoms with Gasteiger partial charge in [-0.05, 0) is 12.1 Å². The molecule has 0 aromatic heterocycles. The minimum Gasteiger partial charge on any atom is -0.211 e. The molecule has 1 rings (SSSR count). The molecule has 12 heavy (non-hydrogen) atoms. The highest BCUT2D eigenvalue weighted by Crippen LogP contribution is 2.02. The highest BCUT2D eigenvalue weighted by molar-refractivity contribution is 7.88. The van der Waals surface area contributed by atoms with Crippen LogP contribution in [0.1, 0.15) is 0 Å². The maximum absolute atomic E-state index is 10.6. The standard InChI is InChI=1S/C7H9N2O2S/c1-12(10,11)9-8-7-5-3-2-4-6-7/h2-6,9H,1H3. The summed E-state index contributed by atoms with van der Waals surface area (Å²) in [5, 5.41) is 0. The minimum atomic E-state index is -3.24. The van der Waals surface area contributed by atoms with Crippen LogP contribution in [-0.4, -0.2) is 14.7 Å². The van der Waals surface area contributed by atoms with Gasteiger partial charge in [0.15, 0.2) is 0 Å². The third kappa shape index (κ3) is 3.36. The third-order valence-corrected chi connectivity index (χ3v) is 1.52. The van der Waals surface area contributed by atoms with Crippen molar-refractivity contribution in [3.8, 4) is 0 Å². The van der Waals surface area contributed by atoms with Crippen LogP contribution in [0.2, 0.25) is 0 Å². The molecule has 0 atom stereocenters. The summed E-state index contributed by atoms with van der Waals surface area (Å²) in [6, 6.07) is 8.81. The van der Waals surface area contributed by atoms with Gasteiger partial charge in [0.25, 0.3) is 0 Å². The first-order valence-corrected chi connectivity index (χ1v) is 5.20. The van der Waals surface area contributed by atoms with Crippen molar-refractivity contribution in [1.82, 2.24) is 10.3 Å². The highest BCUT2D eigenvalue weighted by Gasteiger charge is 1.99. The molecular formula is C7H9N2O2S. The molecule has 0 saturated heterocycles. The van der Waals surface area contributed by atoms with Gasteiger partial charge < -0.3 is 0 Å². The van der Waals surface area contributed by atoms with E-state index in [1.165, 1.54) is 0 Å². The lowest BCUT2D eigenvalue weighted by molar-refractivity contribution is 0.580. The molecule has 1 N–H and O–H groups in total. The number of nitrogens with zero attached hydrogens (tertiary/aromatic N) is 1. The van der Waals surface area contributed by atoms with Crippen molar-refractivity contribution < 1.29 is 8.42 Å². The van der Waals surface area contributed by atoms with E-state index < -0.39 is 10.0 Å². The molecule has 0 amide bonds. The van der Waals surface area contributed by atoms with Crippen molar-refractivity contribution in [2.45, 2.75) is 0 Å². The maximum atomic E-state index is 10.6. The average molecular weight is 185 g/mol. The molecule has 0 unspecified atom stereocenters. The van der Waals surface area contributed by atoms with E-state index in [4.69, 9.17) is 0 Å². The Morgan fingerprint density at radius 3 is 2.33 bits per heavy atom. The topological polar surface area (TPSA) is 60.3 Å². The highest BCUT2D eigenvalue weighted by atomic mass is 32.2. The van der Waals surface area contributed by atoms with Crippen LogP contribution in [-0.2, 0) is 10.0 Å². The summed E-state index contributed by atoms with van der Waals surface area (Å²) in [5.74, 6) is 0. The summed E-state index contributed by atoms with van der Waals surface area (Å²) >= 11 is 0. The Balaban J connectivity index is 2.56. The summed E-state index contributed by atoms with van der Waals surface area (Å²) in [7, 11) is -3.24. The van der Waals surface area contributed by atoms with E-state index in [0.717, 1.165) is 6.26 Å². The van der Waals surface area contributed by atoms with Crippen LogP contribution in [0.25, 0.3) is 0 Å². The second-order valence-corrected chi connectivity index (χ2v) is 4.04. The Hall–Kier alpha value is -1.07. The van der Waals surface area contributed by atoms with Crippen molar-refractivity contribution in [3.05, 3.63) is 30.3 Å². The average Bonchev–Trinajstić information content (AvgIpc) is 2.02. The number of hydrogen-bond acceptors (Lipinski definition) is 2. The van der Waals surface area contributed by atoms with Gasteiger partial charge in [-0.3, -0.25) is 0 Å². The van der Waals surface area contributed by atoms with Gasteiger partial charge in [-0.15, -0.1) is 4.83 Å². The predicted octanol–water partition coefficient (Wildman–Crippen LogP) is 0.387. The monoisotopic (exact) mass is 185 g/mol. The fraction of sp³-hybridized carbons (Fsp3) is 0.143. The summed E-state index contributed by atoms with van der Waals surface area (Å²) < 4.78 is 21.2. The third-order valence-electron chi connectivity index (χ3n) is 1.10. The van der Waals surface area contributed by atoms with Gasteiger partial charge in [0, 0.05) is 0 Å². The smallest absolute Gasteiger partial charge is 0.211 e. The van der Waals surface area contributed by atoms with Crippen molar-refractivity contribution in [2.24, 2.45) is 0 Å². The molecular weight excluding hydrogens is 176 g/mol. The van der Waals surface area contributed by atoms with Crippen molar-refractivity contribution in [3.63, 3.8) is 0 Å². The molecule has 0 aliphatic heterocycles. The lowest BCUT2D eigenvalue weighted by atomic mass is 10.3. The molecule has 0 saturated carbocycles. The van der Waals surface area contributed by atoms with Gasteiger partial charge in [-0.1, -0.05) is 18.2 Å². The van der Waals surface area contributed by atoms with Crippen LogP contribution in [0.3, 0.4) is 0 Å². The number of nitrogens with one attached hydrogen (secondary N) is 1. The van der Waals surface area contributed by atoms with Crippen LogP contribution in [0.5, 0.6) is 0 Å². The zero-order valence-corrected chi connectivity index (χ0v) is 7.38. The molecule has 5 heteroatoms. The molecule has 65 valence electrons. The largest absolute Gasteiger partial charge is 0.227 e. The Bertz CT molecular complexity index is 334. The number of rotatable bonds is 3. The van der Waals surface area contributed by atoms with Gasteiger partial charge in [0.05, 0.1) is 11.9 Å². The van der Waals surface area contributed by atoms with Gasteiger partial charge >= 0.3 is 0 Å². The zero-order chi connectivity index (χ0) is 9.03. The first kappa shape index (κ1) is 9.02. The molecule has 0 heterocycles. The van der Waals surface area contributed by atoms with Gasteiger partial charge in [0.1, 0.15) is 0 Å². The number of hydrogen-bond donors (Lipinski definition) is 1. The molecule has 0 bridgehead atoms. The van der Waals surface area contributed by atoms with Crippen LogP contribution in [0.4, 0.5) is 5.69 Å². The summed E-state index contributed by atoms with van der Waals surface area (Å²) in [4.78, 5) is 2.04. The van der Waals surface area contributed by atoms with Crippen LogP contribution >= 0.6 is 0 Å². The number of sulfonamides is 1. The van der Waals surface area contributed by atoms with Crippen molar-refractivity contribution in [1.29, 1.82) is 0 Å². The van der Waals surface area contributed by atoms with Crippen molar-refractivity contribution >= 4 is 15.7 Å². The van der Waals surface area contributed by atoms with E-state index in [1.807, 2.05) is 10.9 Å². The molecule has 0 aliphatic carbocycles. The molecule has 4 nitrogen and oxygen atoms in total. The normalized spacial score (nSPS) is 11.1. The first-order chi connectivity index (χ1) is 5.58. The molecule has 0 aliphatic rings. The fourth-order valence-electron chi connectivity index (χ4n) is 0.638. The van der Waals surface area contributed by atoms with E-state index in [9.17, 15) is 8.42 Å². The Morgan fingerprint density at radius 2 is 1.83 bits per heavy atom. The lowest BCUT2D eigenvalue weighted by Crippen LogP contribution is -2.27. The Morgan fingerprint density at radius 1 is 1.25 bits per heavy atom. The van der Waals surface area contributed by atoms with Gasteiger partial charge in [-0.25, -0.2) is 8.42 Å². The molecule has 0 spiro atoms. The zero-order valence-electron chi connectivity index (χ0n) is 6.56. The second kappa shape index (κ2) is 3.55. The van der Waals surface area contributed by atoms with Gasteiger partial charge in [0.2, 0.25) is 10.0 Å². The van der Waals surface area contributed by atoms with Crippen LogP contribution in [0, 0.1) is 0 Å². The van der Waals surface area contributed by atoms with Crippen molar-refractivity contribution in [2.75, 3.05) is 6.26 Å². The van der Waals surface area contributed by atoms with E-state index in [-0.39, 0.29) is 0 Å². The molecule has 1 aromatic rings. The SMILES string of the molecule is CS(=O)(=O)N[N]c1ccccc1. The van der Waals surface area contributed by atoms with E-state index in [2.05, 4.69) is 5.43 Å². The van der Waals surface area contributed by atoms with Crippen LogP contribution in [0.15, 0.2) is 30.3 Å². The first-order valence-electron chi connectivity index (χ1n) is 3.30. The summed E-state index contributed by atoms with van der Waals surface area (Å²) in [6.45, 7) is 0. The van der Waals surface area contributed by atoms with Crippen LogP contribution < -0.4 is 10.3 Å². The van der Waals surface area contributed by atoms with E-state index in [1.54, 1.807) is 24.3 Å². The Labute approximate surface area is 71.6 Å². The minimum absolute atomic E-state index is 0.586. The molecule has 1 radical (unpaired) electrons. The maximum Gasteiger partial charge on any atom is 0.227 e. The van der Waals surface area contributed by atoms with E-state index in [0.29, 0.717) is 5.69 Å². The van der Waals surface area contributed by atoms with Gasteiger partial charge in [-0.2, -0.15) is 5.43 Å². The number of benzene rings is 1. The lowest BCUT2D eigenvalue weighted by Gasteiger charge is -2.00. The fourth-order valence-corrected chi connectivity index (χ4v) is 0.909. The Kier molecular flexibility index (Phi) is 2.67. The summed E-state index contributed by atoms with van der Waals surface area (Å²) in [5.41, 5.74) is 4.23. The second-order valence-electron chi connectivity index (χ2n) is 2.31. The molecule has 0 fully saturated rings. The summed E-state index contributed by atoms with van der Waals surface area (Å²) in [6.07, 6.45) is 1.06. The molecule has 1 aromatic carbocycles. The quantitative estimate of drug-likeness (QED) is 0.692. The number of para-hydroxylation sites is 1.